The highest BCUT2D eigenvalue weighted by atomic mass is 28.3. The van der Waals surface area contributed by atoms with Gasteiger partial charge in [-0.2, -0.15) is 0 Å². The molecule has 0 aliphatic carbocycles. The van der Waals surface area contributed by atoms with E-state index in [0.29, 0.717) is 10.6 Å². The van der Waals surface area contributed by atoms with E-state index in [1.165, 1.54) is 37.7 Å². The molecule has 0 heterocycles. The maximum Gasteiger partial charge on any atom is 0.335 e. The molecule has 1 atom stereocenters. The molecule has 0 radical (unpaired) electrons. The number of hydrogen-bond donors (Lipinski definition) is 1. The molecule has 2 nitrogen and oxygen atoms in total. The second kappa shape index (κ2) is 7.63. The van der Waals surface area contributed by atoms with E-state index in [4.69, 9.17) is 5.11 Å². The van der Waals surface area contributed by atoms with E-state index in [2.05, 4.69) is 39.1 Å². The molecule has 112 valence electrons. The predicted octanol–water partition coefficient (Wildman–Crippen LogP) is 4.64. The molecule has 0 saturated heterocycles. The fourth-order valence-electron chi connectivity index (χ4n) is 3.21. The Bertz CT molecular complexity index is 425. The number of aromatic carboxylic acids is 1. The van der Waals surface area contributed by atoms with Crippen LogP contribution in [0.4, 0.5) is 0 Å². The first-order valence-corrected chi connectivity index (χ1v) is 10.7. The lowest BCUT2D eigenvalue weighted by atomic mass is 9.87. The monoisotopic (exact) mass is 292 g/mol. The van der Waals surface area contributed by atoms with Crippen LogP contribution in [0.3, 0.4) is 0 Å². The van der Waals surface area contributed by atoms with Crippen molar-refractivity contribution in [1.29, 1.82) is 0 Å². The van der Waals surface area contributed by atoms with Crippen LogP contribution >= 0.6 is 0 Å². The van der Waals surface area contributed by atoms with Gasteiger partial charge >= 0.3 is 5.97 Å². The Morgan fingerprint density at radius 1 is 1.10 bits per heavy atom. The van der Waals surface area contributed by atoms with Crippen molar-refractivity contribution in [2.24, 2.45) is 0 Å². The largest absolute Gasteiger partial charge is 0.478 e. The molecule has 20 heavy (non-hydrogen) atoms. The first-order chi connectivity index (χ1) is 9.47. The fourth-order valence-corrected chi connectivity index (χ4v) is 5.71. The van der Waals surface area contributed by atoms with Gasteiger partial charge in [-0.1, -0.05) is 58.3 Å². The summed E-state index contributed by atoms with van der Waals surface area (Å²) in [5.41, 5.74) is 1.75. The van der Waals surface area contributed by atoms with Crippen molar-refractivity contribution < 1.29 is 9.90 Å². The first-order valence-electron chi connectivity index (χ1n) is 7.81. The maximum absolute atomic E-state index is 11.0. The molecule has 0 amide bonds. The minimum absolute atomic E-state index is 0.321. The Kier molecular flexibility index (Phi) is 6.47. The van der Waals surface area contributed by atoms with E-state index in [1.807, 2.05) is 0 Å². The second-order valence-corrected chi connectivity index (χ2v) is 9.46. The Morgan fingerprint density at radius 3 is 2.10 bits per heavy atom. The second-order valence-electron chi connectivity index (χ2n) is 6.05. The smallest absolute Gasteiger partial charge is 0.335 e. The van der Waals surface area contributed by atoms with Crippen molar-refractivity contribution in [2.45, 2.75) is 64.1 Å². The molecule has 1 aromatic carbocycles. The molecule has 1 unspecified atom stereocenters. The highest BCUT2D eigenvalue weighted by molar-refractivity contribution is 6.59. The van der Waals surface area contributed by atoms with Crippen molar-refractivity contribution in [3.05, 3.63) is 35.4 Å². The van der Waals surface area contributed by atoms with E-state index in [-0.39, 0.29) is 0 Å². The molecule has 3 heteroatoms. The lowest BCUT2D eigenvalue weighted by Crippen LogP contribution is -2.39. The average molecular weight is 292 g/mol. The Morgan fingerprint density at radius 2 is 1.70 bits per heavy atom. The predicted molar refractivity (Wildman–Crippen MR) is 88.4 cm³/mol. The number of carboxylic acid groups (broad SMARTS) is 1. The Hall–Kier alpha value is -1.09. The maximum atomic E-state index is 11.0. The third-order valence-corrected chi connectivity index (χ3v) is 7.61. The molecular formula is C17H28O2Si. The van der Waals surface area contributed by atoms with Crippen LogP contribution in [0.15, 0.2) is 24.3 Å². The normalized spacial score (nSPS) is 14.2. The van der Waals surface area contributed by atoms with Crippen LogP contribution in [0.25, 0.3) is 0 Å². The van der Waals surface area contributed by atoms with Gasteiger partial charge in [0, 0.05) is 8.80 Å². The van der Waals surface area contributed by atoms with Crippen LogP contribution in [0, 0.1) is 0 Å². The molecule has 0 fully saturated rings. The number of rotatable bonds is 8. The molecule has 0 aromatic heterocycles. The number of unbranched alkanes of at least 4 members (excludes halogenated alkanes) is 1. The molecular weight excluding hydrogens is 264 g/mol. The summed E-state index contributed by atoms with van der Waals surface area (Å²) < 4.78 is 0. The summed E-state index contributed by atoms with van der Waals surface area (Å²) in [7, 11) is -0.885. The third kappa shape index (κ3) is 3.72. The topological polar surface area (TPSA) is 37.3 Å². The van der Waals surface area contributed by atoms with Gasteiger partial charge in [0.15, 0.2) is 0 Å². The number of hydrogen-bond acceptors (Lipinski definition) is 1. The summed E-state index contributed by atoms with van der Waals surface area (Å²) in [4.78, 5) is 11.0. The Balaban J connectivity index is 3.16. The zero-order valence-electron chi connectivity index (χ0n) is 13.3. The molecule has 1 rings (SSSR count). The summed E-state index contributed by atoms with van der Waals surface area (Å²) in [6, 6.07) is 7.65. The van der Waals surface area contributed by atoms with Crippen molar-refractivity contribution in [2.75, 3.05) is 0 Å². The summed E-state index contributed by atoms with van der Waals surface area (Å²) in [5.74, 6) is -0.840. The van der Waals surface area contributed by atoms with Crippen LogP contribution in [0.1, 0.15) is 61.9 Å². The Labute approximate surface area is 124 Å². The van der Waals surface area contributed by atoms with Crippen LogP contribution in [-0.4, -0.2) is 19.9 Å². The molecule has 1 aromatic rings. The molecule has 0 aliphatic rings. The number of carboxylic acids is 1. The molecule has 0 bridgehead atoms. The van der Waals surface area contributed by atoms with E-state index in [0.717, 1.165) is 0 Å². The van der Waals surface area contributed by atoms with E-state index >= 15 is 0 Å². The summed E-state index contributed by atoms with van der Waals surface area (Å²) in [5, 5.41) is 9.36. The van der Waals surface area contributed by atoms with E-state index in [9.17, 15) is 4.79 Å². The van der Waals surface area contributed by atoms with Crippen LogP contribution in [0.5, 0.6) is 0 Å². The van der Waals surface area contributed by atoms with Gasteiger partial charge in [0.2, 0.25) is 0 Å². The van der Waals surface area contributed by atoms with E-state index in [1.54, 1.807) is 12.1 Å². The standard InChI is InChI=1S/C17H28O2Si/c1-5-7-13-17(12-6-2,20(3)4)15-10-8-14(9-11-15)16(18)19/h8-11,20H,5-7,12-13H2,1-4H3,(H,18,19). The van der Waals surface area contributed by atoms with Crippen LogP contribution < -0.4 is 0 Å². The molecule has 0 aliphatic heterocycles. The quantitative estimate of drug-likeness (QED) is 0.709. The van der Waals surface area contributed by atoms with Gasteiger partial charge in [-0.3, -0.25) is 0 Å². The lowest BCUT2D eigenvalue weighted by Gasteiger charge is -2.38. The minimum Gasteiger partial charge on any atom is -0.478 e. The summed E-state index contributed by atoms with van der Waals surface area (Å²) in [6.45, 7) is 9.35. The van der Waals surface area contributed by atoms with Gasteiger partial charge in [0.1, 0.15) is 0 Å². The molecule has 0 saturated carbocycles. The average Bonchev–Trinajstić information content (AvgIpc) is 2.43. The minimum atomic E-state index is -0.885. The summed E-state index contributed by atoms with van der Waals surface area (Å²) in [6.07, 6.45) is 6.14. The van der Waals surface area contributed by atoms with Gasteiger partial charge < -0.3 is 5.11 Å². The van der Waals surface area contributed by atoms with Gasteiger partial charge in [-0.15, -0.1) is 0 Å². The zero-order chi connectivity index (χ0) is 15.2. The highest BCUT2D eigenvalue weighted by Crippen LogP contribution is 2.37. The number of benzene rings is 1. The van der Waals surface area contributed by atoms with Crippen molar-refractivity contribution >= 4 is 14.8 Å². The van der Waals surface area contributed by atoms with E-state index < -0.39 is 14.8 Å². The van der Waals surface area contributed by atoms with Gasteiger partial charge in [0.25, 0.3) is 0 Å². The van der Waals surface area contributed by atoms with Gasteiger partial charge in [-0.25, -0.2) is 4.79 Å². The van der Waals surface area contributed by atoms with Crippen molar-refractivity contribution in [3.8, 4) is 0 Å². The molecule has 0 spiro atoms. The van der Waals surface area contributed by atoms with Crippen LogP contribution in [-0.2, 0) is 5.04 Å². The number of carbonyl (C=O) groups is 1. The zero-order valence-corrected chi connectivity index (χ0v) is 14.4. The summed E-state index contributed by atoms with van der Waals surface area (Å²) >= 11 is 0. The SMILES string of the molecule is CCCCC(CCC)(c1ccc(C(=O)O)cc1)[SiH](C)C. The van der Waals surface area contributed by atoms with Crippen LogP contribution in [0.2, 0.25) is 13.1 Å². The molecule has 1 N–H and O–H groups in total. The van der Waals surface area contributed by atoms with Gasteiger partial charge in [-0.05, 0) is 35.6 Å². The van der Waals surface area contributed by atoms with Gasteiger partial charge in [0.05, 0.1) is 5.56 Å². The third-order valence-electron chi connectivity index (χ3n) is 4.48. The fraction of sp³-hybridized carbons (Fsp3) is 0.588. The first kappa shape index (κ1) is 17.0. The lowest BCUT2D eigenvalue weighted by molar-refractivity contribution is 0.0697. The van der Waals surface area contributed by atoms with Crippen molar-refractivity contribution in [1.82, 2.24) is 0 Å². The van der Waals surface area contributed by atoms with Crippen molar-refractivity contribution in [3.63, 3.8) is 0 Å². The highest BCUT2D eigenvalue weighted by Gasteiger charge is 2.34.